The number of nitrogens with one attached hydrogen (secondary N) is 2. The SMILES string of the molecule is CC(=O)OC1CC[C@]2(C)[C@H]3CC[C@]4(C)[C@@H]([C@H](C)CCCC(C)C)CC[C@H]4[C@@H]3CC(NCCCNCCCCN)C2(O)C1. The molecule has 0 spiro atoms. The van der Waals surface area contributed by atoms with E-state index in [4.69, 9.17) is 10.5 Å². The molecule has 0 aliphatic heterocycles. The lowest BCUT2D eigenvalue weighted by Gasteiger charge is -2.66. The Morgan fingerprint density at radius 2 is 1.71 bits per heavy atom. The fourth-order valence-electron chi connectivity index (χ4n) is 10.9. The van der Waals surface area contributed by atoms with E-state index in [2.05, 4.69) is 45.3 Å². The monoisotopic (exact) mass is 590 g/mol. The van der Waals surface area contributed by atoms with Gasteiger partial charge < -0.3 is 26.2 Å². The third-order valence-electron chi connectivity index (χ3n) is 13.1. The first-order valence-electron chi connectivity index (χ1n) is 18.0. The molecule has 0 aromatic rings. The largest absolute Gasteiger partial charge is 0.462 e. The summed E-state index contributed by atoms with van der Waals surface area (Å²) < 4.78 is 5.75. The number of hydrogen-bond acceptors (Lipinski definition) is 6. The summed E-state index contributed by atoms with van der Waals surface area (Å²) in [5.74, 6) is 4.19. The van der Waals surface area contributed by atoms with Crippen molar-refractivity contribution in [3.8, 4) is 0 Å². The molecule has 0 radical (unpaired) electrons. The fraction of sp³-hybridized carbons (Fsp3) is 0.972. The highest BCUT2D eigenvalue weighted by molar-refractivity contribution is 5.66. The standard InChI is InChI=1S/C36H67N3O3/c1-25(2)11-9-12-26(3)30-13-14-31-29-23-33(39-22-10-21-38-20-8-7-19-37)36(41)24-28(42-27(4)40)15-18-35(36,6)32(29)16-17-34(30,31)5/h25-26,28-33,38-39,41H,7-24,37H2,1-6H3/t26-,28?,29+,30-,31+,32+,33?,34-,35-,36?/m1/s1. The van der Waals surface area contributed by atoms with E-state index in [1.807, 2.05) is 0 Å². The molecule has 10 atom stereocenters. The van der Waals surface area contributed by atoms with Crippen LogP contribution < -0.4 is 16.4 Å². The Morgan fingerprint density at radius 3 is 2.43 bits per heavy atom. The molecule has 4 saturated carbocycles. The second-order valence-electron chi connectivity index (χ2n) is 16.1. The van der Waals surface area contributed by atoms with Crippen molar-refractivity contribution in [2.24, 2.45) is 52.1 Å². The molecule has 6 heteroatoms. The molecule has 0 aromatic carbocycles. The molecule has 3 unspecified atom stereocenters. The van der Waals surface area contributed by atoms with Gasteiger partial charge in [-0.3, -0.25) is 4.79 Å². The van der Waals surface area contributed by atoms with Gasteiger partial charge in [0.2, 0.25) is 0 Å². The lowest BCUT2D eigenvalue weighted by Crippen LogP contribution is -2.71. The molecule has 4 aliphatic carbocycles. The van der Waals surface area contributed by atoms with Gasteiger partial charge in [-0.15, -0.1) is 0 Å². The van der Waals surface area contributed by atoms with Crippen molar-refractivity contribution in [1.29, 1.82) is 0 Å². The molecule has 6 nitrogen and oxygen atoms in total. The Bertz CT molecular complexity index is 868. The van der Waals surface area contributed by atoms with Gasteiger partial charge in [0.15, 0.2) is 0 Å². The summed E-state index contributed by atoms with van der Waals surface area (Å²) in [6.45, 7) is 17.5. The third-order valence-corrected chi connectivity index (χ3v) is 13.1. The van der Waals surface area contributed by atoms with Crippen LogP contribution in [0.1, 0.15) is 131 Å². The van der Waals surface area contributed by atoms with E-state index >= 15 is 0 Å². The van der Waals surface area contributed by atoms with Crippen LogP contribution in [0.4, 0.5) is 0 Å². The molecule has 4 fully saturated rings. The number of fused-ring (bicyclic) bond motifs is 5. The van der Waals surface area contributed by atoms with Crippen LogP contribution in [0.2, 0.25) is 0 Å². The van der Waals surface area contributed by atoms with Crippen LogP contribution in [0.5, 0.6) is 0 Å². The van der Waals surface area contributed by atoms with Gasteiger partial charge in [0.05, 0.1) is 5.60 Å². The van der Waals surface area contributed by atoms with Crippen molar-refractivity contribution in [1.82, 2.24) is 10.6 Å². The molecular formula is C36H67N3O3. The molecule has 0 amide bonds. The predicted molar refractivity (Wildman–Crippen MR) is 173 cm³/mol. The van der Waals surface area contributed by atoms with Gasteiger partial charge in [0.25, 0.3) is 0 Å². The van der Waals surface area contributed by atoms with Crippen LogP contribution in [0.25, 0.3) is 0 Å². The van der Waals surface area contributed by atoms with E-state index in [0.717, 1.165) is 88.4 Å². The predicted octanol–water partition coefficient (Wildman–Crippen LogP) is 6.44. The second-order valence-corrected chi connectivity index (χ2v) is 16.1. The zero-order chi connectivity index (χ0) is 30.5. The lowest BCUT2D eigenvalue weighted by atomic mass is 9.42. The van der Waals surface area contributed by atoms with Crippen molar-refractivity contribution in [3.63, 3.8) is 0 Å². The van der Waals surface area contributed by atoms with Gasteiger partial charge in [0, 0.05) is 24.8 Å². The van der Waals surface area contributed by atoms with E-state index in [0.29, 0.717) is 23.7 Å². The topological polar surface area (TPSA) is 96.6 Å². The number of aliphatic hydroxyl groups is 1. The minimum Gasteiger partial charge on any atom is -0.462 e. The second kappa shape index (κ2) is 14.6. The normalized spacial score (nSPS) is 40.3. The van der Waals surface area contributed by atoms with Crippen molar-refractivity contribution in [3.05, 3.63) is 0 Å². The van der Waals surface area contributed by atoms with E-state index in [1.165, 1.54) is 51.9 Å². The first kappa shape index (κ1) is 34.2. The number of rotatable bonds is 15. The van der Waals surface area contributed by atoms with Gasteiger partial charge in [-0.1, -0.05) is 53.9 Å². The van der Waals surface area contributed by atoms with Gasteiger partial charge in [-0.25, -0.2) is 0 Å². The minimum absolute atomic E-state index is 0.0456. The Morgan fingerprint density at radius 1 is 0.952 bits per heavy atom. The summed E-state index contributed by atoms with van der Waals surface area (Å²) >= 11 is 0. The summed E-state index contributed by atoms with van der Waals surface area (Å²) in [7, 11) is 0. The van der Waals surface area contributed by atoms with Crippen LogP contribution in [-0.4, -0.2) is 55.0 Å². The van der Waals surface area contributed by atoms with Gasteiger partial charge in [0.1, 0.15) is 6.10 Å². The molecule has 244 valence electrons. The average Bonchev–Trinajstić information content (AvgIpc) is 3.28. The quantitative estimate of drug-likeness (QED) is 0.130. The summed E-state index contributed by atoms with van der Waals surface area (Å²) in [6.07, 6.45) is 15.9. The van der Waals surface area contributed by atoms with Crippen LogP contribution in [-0.2, 0) is 9.53 Å². The van der Waals surface area contributed by atoms with E-state index < -0.39 is 5.60 Å². The molecule has 0 bridgehead atoms. The maximum Gasteiger partial charge on any atom is 0.302 e. The van der Waals surface area contributed by atoms with Crippen LogP contribution >= 0.6 is 0 Å². The summed E-state index contributed by atoms with van der Waals surface area (Å²) in [5, 5.41) is 20.2. The van der Waals surface area contributed by atoms with Crippen molar-refractivity contribution in [2.45, 2.75) is 149 Å². The number of carbonyl (C=O) groups excluding carboxylic acids is 1. The first-order chi connectivity index (χ1) is 20.0. The maximum atomic E-state index is 12.7. The van der Waals surface area contributed by atoms with Gasteiger partial charge in [-0.2, -0.15) is 0 Å². The minimum atomic E-state index is -0.850. The zero-order valence-corrected chi connectivity index (χ0v) is 28.2. The zero-order valence-electron chi connectivity index (χ0n) is 28.2. The fourth-order valence-corrected chi connectivity index (χ4v) is 10.9. The molecule has 42 heavy (non-hydrogen) atoms. The van der Waals surface area contributed by atoms with Crippen molar-refractivity contribution < 1.29 is 14.6 Å². The van der Waals surface area contributed by atoms with Crippen LogP contribution in [0.3, 0.4) is 0 Å². The Hall–Kier alpha value is -0.690. The summed E-state index contributed by atoms with van der Waals surface area (Å²) in [5.41, 5.74) is 5.07. The first-order valence-corrected chi connectivity index (χ1v) is 18.0. The average molecular weight is 590 g/mol. The number of esters is 1. The molecule has 5 N–H and O–H groups in total. The lowest BCUT2D eigenvalue weighted by molar-refractivity contribution is -0.237. The molecular weight excluding hydrogens is 522 g/mol. The number of nitrogens with two attached hydrogens (primary N) is 1. The number of carbonyl (C=O) groups is 1. The van der Waals surface area contributed by atoms with E-state index in [-0.39, 0.29) is 23.5 Å². The van der Waals surface area contributed by atoms with Crippen molar-refractivity contribution >= 4 is 5.97 Å². The smallest absolute Gasteiger partial charge is 0.302 e. The van der Waals surface area contributed by atoms with Crippen molar-refractivity contribution in [2.75, 3.05) is 26.2 Å². The van der Waals surface area contributed by atoms with Crippen LogP contribution in [0.15, 0.2) is 0 Å². The highest BCUT2D eigenvalue weighted by Crippen LogP contribution is 2.69. The Labute approximate surface area is 258 Å². The highest BCUT2D eigenvalue weighted by atomic mass is 16.5. The molecule has 0 aromatic heterocycles. The Kier molecular flexibility index (Phi) is 11.9. The van der Waals surface area contributed by atoms with Gasteiger partial charge in [-0.05, 0) is 131 Å². The van der Waals surface area contributed by atoms with Crippen LogP contribution in [0, 0.1) is 46.3 Å². The number of ether oxygens (including phenoxy) is 1. The molecule has 0 saturated heterocycles. The van der Waals surface area contributed by atoms with E-state index in [9.17, 15) is 9.90 Å². The highest BCUT2D eigenvalue weighted by Gasteiger charge is 2.67. The maximum absolute atomic E-state index is 12.7. The van der Waals surface area contributed by atoms with Gasteiger partial charge >= 0.3 is 5.97 Å². The number of unbranched alkanes of at least 4 members (excludes halogenated alkanes) is 1. The number of hydrogen-bond donors (Lipinski definition) is 4. The summed E-state index contributed by atoms with van der Waals surface area (Å²) in [6, 6.07) is 0.0456. The Balaban J connectivity index is 1.49. The molecule has 0 heterocycles. The summed E-state index contributed by atoms with van der Waals surface area (Å²) in [4.78, 5) is 11.9. The van der Waals surface area contributed by atoms with E-state index in [1.54, 1.807) is 0 Å². The molecule has 4 aliphatic rings. The molecule has 4 rings (SSSR count). The third kappa shape index (κ3) is 7.07.